The molecule has 23 heteroatoms. The molecule has 8 atom stereocenters. The van der Waals surface area contributed by atoms with Crippen LogP contribution in [0.1, 0.15) is 129 Å². The van der Waals surface area contributed by atoms with Crippen molar-refractivity contribution in [3.05, 3.63) is 161 Å². The standard InChI is InChI=1S/C34H41Cl2N5O3S.C27H27Cl2N3O3S.C7H16N2O/c1-20(2)28-29(32(44)40-18-8-9-27(40)31(43)38(6)19-21(3)39(7)22(4)42)45-33-37-34(5,24-12-16-26(36)17-13-24)30(41(28)33)23-10-14-25(35)15-11-23;1-15(2)21-22(24(33)31-14-4-5-20(31)25(34)35)36-26-30-27(3,17-8-12-19(29)13-9-17)23(32(21)26)16-6-10-18(28)11-7-16;1-6(5-8-3)9(4)7(2)10/h10-17,20-21,27,30H,8-9,18-19H2,1-7H3;6-13,15,20,23H,4-5,14H2,1-3H3,(H,34,35);6,8H,5H2,1-4H3/t21-,27-,30+,34-;20-,23+,27-;6-/m000/s1. The molecule has 91 heavy (non-hydrogen) atoms. The maximum Gasteiger partial charge on any atom is 0.326 e. The molecule has 0 aliphatic carbocycles. The number of thioether (sulfide) groups is 2. The van der Waals surface area contributed by atoms with E-state index in [1.165, 1.54) is 35.3 Å². The van der Waals surface area contributed by atoms with Gasteiger partial charge in [-0.1, -0.05) is 123 Å². The van der Waals surface area contributed by atoms with Crippen LogP contribution in [-0.4, -0.2) is 164 Å². The molecular weight excluding hydrogens is 1270 g/mol. The Morgan fingerprint density at radius 3 is 1.29 bits per heavy atom. The van der Waals surface area contributed by atoms with Crippen LogP contribution in [0.3, 0.4) is 0 Å². The van der Waals surface area contributed by atoms with Gasteiger partial charge in [-0.15, -0.1) is 0 Å². The first-order valence-corrected chi connectivity index (χ1v) is 34.0. The second kappa shape index (κ2) is 29.5. The van der Waals surface area contributed by atoms with Gasteiger partial charge in [0.1, 0.15) is 33.0 Å². The average Bonchev–Trinajstić information content (AvgIpc) is 1.57. The number of nitrogens with one attached hydrogen (secondary N) is 1. The van der Waals surface area contributed by atoms with E-state index in [-0.39, 0.29) is 65.5 Å². The SMILES string of the molecule is CC(=O)N(C)[C@@H](C)CN(C)C(=O)[C@@H]1CCCN1C(=O)C1=C(C(C)C)N2C(=N[C@@](C)(c3ccc(Cl)cc3)[C@H]2c2ccc(Cl)cc2)S1.CC(C)C1=C(C(=O)N2CCC[C@H]2C(=O)O)SC2=N[C@@](C)(c3ccc(Cl)cc3)[C@@H](c3ccc(Cl)cc3)N21.CNC[C@H](C)N(C)C(C)=O. The predicted molar refractivity (Wildman–Crippen MR) is 368 cm³/mol. The van der Waals surface area contributed by atoms with Crippen molar-refractivity contribution in [2.45, 2.75) is 142 Å². The average molecular weight is 1360 g/mol. The molecule has 4 aromatic rings. The van der Waals surface area contributed by atoms with Crippen molar-refractivity contribution < 1.29 is 33.9 Å². The number of fused-ring (bicyclic) bond motifs is 2. The van der Waals surface area contributed by atoms with E-state index in [2.05, 4.69) is 56.7 Å². The number of nitrogens with zero attached hydrogens (tertiary/aromatic N) is 9. The molecule has 0 saturated carbocycles. The van der Waals surface area contributed by atoms with Gasteiger partial charge in [0, 0.05) is 105 Å². The van der Waals surface area contributed by atoms with Gasteiger partial charge in [-0.3, -0.25) is 24.0 Å². The van der Waals surface area contributed by atoms with Crippen LogP contribution in [-0.2, 0) is 39.8 Å². The molecule has 2 fully saturated rings. The van der Waals surface area contributed by atoms with Gasteiger partial charge in [-0.25, -0.2) is 14.8 Å². The van der Waals surface area contributed by atoms with E-state index in [1.807, 2.05) is 125 Å². The highest BCUT2D eigenvalue weighted by Gasteiger charge is 2.56. The monoisotopic (exact) mass is 1360 g/mol. The van der Waals surface area contributed by atoms with Crippen LogP contribution in [0.4, 0.5) is 0 Å². The van der Waals surface area contributed by atoms with Crippen molar-refractivity contribution in [2.24, 2.45) is 21.8 Å². The number of carboxylic acid groups (broad SMARTS) is 1. The molecule has 17 nitrogen and oxygen atoms in total. The highest BCUT2D eigenvalue weighted by atomic mass is 35.5. The van der Waals surface area contributed by atoms with E-state index in [4.69, 9.17) is 56.4 Å². The molecule has 5 amide bonds. The zero-order valence-corrected chi connectivity index (χ0v) is 58.9. The van der Waals surface area contributed by atoms with E-state index < -0.39 is 29.1 Å². The van der Waals surface area contributed by atoms with Gasteiger partial charge < -0.3 is 44.7 Å². The minimum Gasteiger partial charge on any atom is -0.480 e. The summed E-state index contributed by atoms with van der Waals surface area (Å²) in [6, 6.07) is 29.4. The summed E-state index contributed by atoms with van der Waals surface area (Å²) in [6.45, 7) is 21.7. The molecular formula is C68H84Cl4N10O7S2. The molecule has 4 aromatic carbocycles. The number of rotatable bonds is 16. The number of carbonyl (C=O) groups excluding carboxylic acids is 5. The van der Waals surface area contributed by atoms with E-state index in [0.717, 1.165) is 56.9 Å². The summed E-state index contributed by atoms with van der Waals surface area (Å²) in [5.41, 5.74) is 4.55. The number of hydrogen-bond donors (Lipinski definition) is 2. The number of amides is 5. The molecule has 0 aromatic heterocycles. The van der Waals surface area contributed by atoms with Gasteiger partial charge in [-0.05, 0) is 167 Å². The topological polar surface area (TPSA) is 182 Å². The second-order valence-corrected chi connectivity index (χ2v) is 28.8. The highest BCUT2D eigenvalue weighted by molar-refractivity contribution is 8.18. The van der Waals surface area contributed by atoms with Gasteiger partial charge in [0.2, 0.25) is 17.7 Å². The smallest absolute Gasteiger partial charge is 0.326 e. The third-order valence-corrected chi connectivity index (χ3v) is 21.2. The third kappa shape index (κ3) is 14.8. The first kappa shape index (κ1) is 70.8. The lowest BCUT2D eigenvalue weighted by Gasteiger charge is -2.37. The Morgan fingerprint density at radius 2 is 0.934 bits per heavy atom. The Balaban J connectivity index is 0.000000207. The Hall–Kier alpha value is -6.06. The Bertz CT molecular complexity index is 3520. The number of allylic oxidation sites excluding steroid dienone is 2. The van der Waals surface area contributed by atoms with Crippen molar-refractivity contribution >= 4 is 116 Å². The van der Waals surface area contributed by atoms with E-state index in [0.29, 0.717) is 68.8 Å². The number of carboxylic acids is 1. The number of amidine groups is 2. The summed E-state index contributed by atoms with van der Waals surface area (Å²) in [5, 5.41) is 16.8. The minimum absolute atomic E-state index is 0.00825. The molecule has 6 heterocycles. The van der Waals surface area contributed by atoms with E-state index >= 15 is 0 Å². The van der Waals surface area contributed by atoms with Crippen molar-refractivity contribution in [1.82, 2.24) is 39.6 Å². The van der Waals surface area contributed by atoms with Crippen molar-refractivity contribution in [3.8, 4) is 0 Å². The zero-order chi connectivity index (χ0) is 66.7. The van der Waals surface area contributed by atoms with Gasteiger partial charge >= 0.3 is 5.97 Å². The van der Waals surface area contributed by atoms with E-state index in [9.17, 15) is 33.9 Å². The van der Waals surface area contributed by atoms with E-state index in [1.54, 1.807) is 40.6 Å². The zero-order valence-electron chi connectivity index (χ0n) is 54.3. The Kier molecular flexibility index (Phi) is 22.9. The molecule has 2 N–H and O–H groups in total. The number of aliphatic carboxylic acids is 1. The molecule has 10 rings (SSSR count). The molecule has 6 aliphatic heterocycles. The summed E-state index contributed by atoms with van der Waals surface area (Å²) in [6.07, 6.45) is 2.52. The lowest BCUT2D eigenvalue weighted by molar-refractivity contribution is -0.146. The molecule has 488 valence electrons. The normalized spacial score (nSPS) is 23.1. The number of carbonyl (C=O) groups is 6. The number of aliphatic imine (C=N–C) groups is 2. The summed E-state index contributed by atoms with van der Waals surface area (Å²) in [4.78, 5) is 101. The number of likely N-dealkylation sites (N-methyl/N-ethyl adjacent to an activating group) is 4. The fourth-order valence-corrected chi connectivity index (χ4v) is 16.1. The number of benzene rings is 4. The highest BCUT2D eigenvalue weighted by Crippen LogP contribution is 2.58. The molecule has 0 spiro atoms. The summed E-state index contributed by atoms with van der Waals surface area (Å²) < 4.78 is 0. The lowest BCUT2D eigenvalue weighted by atomic mass is 9.81. The summed E-state index contributed by atoms with van der Waals surface area (Å²) in [5.74, 6) is -1.35. The van der Waals surface area contributed by atoms with Gasteiger partial charge in [0.15, 0.2) is 10.3 Å². The van der Waals surface area contributed by atoms with Crippen molar-refractivity contribution in [1.29, 1.82) is 0 Å². The fourth-order valence-electron chi connectivity index (χ4n) is 12.8. The second-order valence-electron chi connectivity index (χ2n) is 25.1. The van der Waals surface area contributed by atoms with Crippen LogP contribution >= 0.6 is 69.9 Å². The molecule has 2 saturated heterocycles. The number of halogens is 4. The first-order valence-electron chi connectivity index (χ1n) is 30.8. The first-order chi connectivity index (χ1) is 42.9. The van der Waals surface area contributed by atoms with Crippen molar-refractivity contribution in [2.75, 3.05) is 54.4 Å². The van der Waals surface area contributed by atoms with Crippen molar-refractivity contribution in [3.63, 3.8) is 0 Å². The van der Waals surface area contributed by atoms with Crippen LogP contribution in [0.2, 0.25) is 20.1 Å². The molecule has 0 radical (unpaired) electrons. The largest absolute Gasteiger partial charge is 0.480 e. The quantitative estimate of drug-likeness (QED) is 0.108. The summed E-state index contributed by atoms with van der Waals surface area (Å²) >= 11 is 27.7. The van der Waals surface area contributed by atoms with Crippen LogP contribution in [0.5, 0.6) is 0 Å². The Labute approximate surface area is 564 Å². The molecule has 0 bridgehead atoms. The van der Waals surface area contributed by atoms with Gasteiger partial charge in [0.25, 0.3) is 11.8 Å². The number of hydrogen-bond acceptors (Lipinski definition) is 13. The molecule has 0 unspecified atom stereocenters. The maximum atomic E-state index is 14.4. The number of likely N-dealkylation sites (tertiary alicyclic amines) is 2. The van der Waals surface area contributed by atoms with Crippen LogP contribution < -0.4 is 5.32 Å². The van der Waals surface area contributed by atoms with Crippen LogP contribution in [0, 0.1) is 11.8 Å². The fraction of sp³-hybridized carbons (Fsp3) is 0.471. The van der Waals surface area contributed by atoms with Gasteiger partial charge in [0.05, 0.1) is 12.1 Å². The predicted octanol–water partition coefficient (Wildman–Crippen LogP) is 12.9. The third-order valence-electron chi connectivity index (χ3n) is 18.1. The lowest BCUT2D eigenvalue weighted by Crippen LogP contribution is -2.50. The Morgan fingerprint density at radius 1 is 0.582 bits per heavy atom. The maximum absolute atomic E-state index is 14.4. The van der Waals surface area contributed by atoms with Crippen LogP contribution in [0.15, 0.2) is 128 Å². The summed E-state index contributed by atoms with van der Waals surface area (Å²) in [7, 11) is 7.17. The minimum atomic E-state index is -0.956. The van der Waals surface area contributed by atoms with Gasteiger partial charge in [-0.2, -0.15) is 0 Å². The molecule has 6 aliphatic rings. The van der Waals surface area contributed by atoms with Crippen LogP contribution in [0.25, 0.3) is 0 Å².